The fourth-order valence-electron chi connectivity index (χ4n) is 2.47. The van der Waals surface area contributed by atoms with E-state index in [0.29, 0.717) is 16.9 Å². The van der Waals surface area contributed by atoms with Crippen LogP contribution in [0, 0.1) is 6.92 Å². The molecule has 0 fully saturated rings. The Hall–Kier alpha value is -3.28. The molecule has 3 N–H and O–H groups in total. The molecule has 0 unspecified atom stereocenters. The summed E-state index contributed by atoms with van der Waals surface area (Å²) in [6.07, 6.45) is 1.61. The summed E-state index contributed by atoms with van der Waals surface area (Å²) in [6.45, 7) is 1.89. The van der Waals surface area contributed by atoms with Gasteiger partial charge in [-0.1, -0.05) is 24.3 Å². The van der Waals surface area contributed by atoms with Gasteiger partial charge in [0.1, 0.15) is 5.75 Å². The topological polar surface area (TPSA) is 83.2 Å². The summed E-state index contributed by atoms with van der Waals surface area (Å²) in [5.41, 5.74) is 7.49. The van der Waals surface area contributed by atoms with Crippen LogP contribution in [0.1, 0.15) is 26.3 Å². The van der Waals surface area contributed by atoms with Gasteiger partial charge in [-0.15, -0.1) is 0 Å². The molecule has 0 radical (unpaired) electrons. The van der Waals surface area contributed by atoms with Crippen molar-refractivity contribution in [1.82, 2.24) is 15.8 Å². The van der Waals surface area contributed by atoms with Crippen LogP contribution in [0.15, 0.2) is 48.7 Å². The average molecular weight is 323 g/mol. The molecule has 0 atom stereocenters. The molecule has 1 heterocycles. The molecular weight excluding hydrogens is 306 g/mol. The maximum absolute atomic E-state index is 12.3. The van der Waals surface area contributed by atoms with E-state index in [-0.39, 0.29) is 5.91 Å². The summed E-state index contributed by atoms with van der Waals surface area (Å²) in [7, 11) is 1.54. The highest BCUT2D eigenvalue weighted by atomic mass is 16.5. The van der Waals surface area contributed by atoms with Crippen LogP contribution in [0.25, 0.3) is 10.9 Å². The quantitative estimate of drug-likeness (QED) is 0.648. The normalized spacial score (nSPS) is 10.4. The van der Waals surface area contributed by atoms with E-state index in [4.69, 9.17) is 4.74 Å². The van der Waals surface area contributed by atoms with Crippen LogP contribution in [-0.2, 0) is 0 Å². The number of methoxy groups -OCH3 is 1. The Bertz CT molecular complexity index is 915. The Morgan fingerprint density at radius 1 is 1.04 bits per heavy atom. The predicted octanol–water partition coefficient (Wildman–Crippen LogP) is 2.56. The Labute approximate surface area is 138 Å². The fraction of sp³-hybridized carbons (Fsp3) is 0.111. The highest BCUT2D eigenvalue weighted by Gasteiger charge is 2.13. The minimum absolute atomic E-state index is 0.389. The molecule has 2 amide bonds. The number of rotatable bonds is 3. The van der Waals surface area contributed by atoms with E-state index >= 15 is 0 Å². The van der Waals surface area contributed by atoms with Gasteiger partial charge in [-0.25, -0.2) is 0 Å². The van der Waals surface area contributed by atoms with Gasteiger partial charge in [0.25, 0.3) is 11.8 Å². The molecule has 0 spiro atoms. The number of ether oxygens (including phenoxy) is 1. The van der Waals surface area contributed by atoms with Gasteiger partial charge in [0.15, 0.2) is 0 Å². The van der Waals surface area contributed by atoms with E-state index in [1.54, 1.807) is 31.5 Å². The van der Waals surface area contributed by atoms with Gasteiger partial charge in [-0.2, -0.15) is 0 Å². The average Bonchev–Trinajstić information content (AvgIpc) is 3.04. The summed E-state index contributed by atoms with van der Waals surface area (Å²) < 4.78 is 5.20. The zero-order valence-electron chi connectivity index (χ0n) is 13.3. The summed E-state index contributed by atoms with van der Waals surface area (Å²) in [5, 5.41) is 0.793. The highest BCUT2D eigenvalue weighted by molar-refractivity contribution is 6.07. The summed E-state index contributed by atoms with van der Waals surface area (Å²) in [6, 6.07) is 12.5. The van der Waals surface area contributed by atoms with E-state index in [9.17, 15) is 9.59 Å². The number of para-hydroxylation sites is 1. The van der Waals surface area contributed by atoms with Crippen molar-refractivity contribution in [2.75, 3.05) is 7.11 Å². The molecule has 0 aliphatic rings. The first-order valence-electron chi connectivity index (χ1n) is 7.41. The van der Waals surface area contributed by atoms with Crippen LogP contribution in [0.5, 0.6) is 5.75 Å². The number of benzene rings is 2. The smallest absolute Gasteiger partial charge is 0.271 e. The van der Waals surface area contributed by atoms with Crippen molar-refractivity contribution in [1.29, 1.82) is 0 Å². The van der Waals surface area contributed by atoms with Crippen LogP contribution >= 0.6 is 0 Å². The van der Waals surface area contributed by atoms with Crippen LogP contribution in [0.3, 0.4) is 0 Å². The Morgan fingerprint density at radius 3 is 2.58 bits per heavy atom. The predicted molar refractivity (Wildman–Crippen MR) is 91.0 cm³/mol. The molecule has 6 heteroatoms. The van der Waals surface area contributed by atoms with E-state index in [0.717, 1.165) is 16.5 Å². The van der Waals surface area contributed by atoms with Gasteiger partial charge in [-0.05, 0) is 30.7 Å². The van der Waals surface area contributed by atoms with Crippen LogP contribution < -0.4 is 15.6 Å². The van der Waals surface area contributed by atoms with E-state index in [1.807, 2.05) is 31.2 Å². The number of aryl methyl sites for hydroxylation is 1. The lowest BCUT2D eigenvalue weighted by atomic mass is 10.1. The van der Waals surface area contributed by atoms with Crippen LogP contribution in [-0.4, -0.2) is 23.9 Å². The van der Waals surface area contributed by atoms with Crippen molar-refractivity contribution in [3.63, 3.8) is 0 Å². The number of hydrazine groups is 1. The fourth-order valence-corrected chi connectivity index (χ4v) is 2.47. The van der Waals surface area contributed by atoms with E-state index in [2.05, 4.69) is 15.8 Å². The molecule has 0 saturated heterocycles. The maximum atomic E-state index is 12.3. The molecule has 6 nitrogen and oxygen atoms in total. The number of aromatic amines is 1. The molecule has 24 heavy (non-hydrogen) atoms. The number of fused-ring (bicyclic) bond motifs is 1. The Kier molecular flexibility index (Phi) is 4.20. The molecule has 3 rings (SSSR count). The minimum Gasteiger partial charge on any atom is -0.496 e. The largest absolute Gasteiger partial charge is 0.496 e. The summed E-state index contributed by atoms with van der Waals surface area (Å²) in [5.74, 6) is -0.188. The van der Waals surface area contributed by atoms with Crippen molar-refractivity contribution in [2.45, 2.75) is 6.92 Å². The number of aromatic nitrogens is 1. The zero-order valence-corrected chi connectivity index (χ0v) is 13.3. The molecule has 0 bridgehead atoms. The lowest BCUT2D eigenvalue weighted by molar-refractivity contribution is 0.0847. The van der Waals surface area contributed by atoms with Gasteiger partial charge in [-0.3, -0.25) is 20.4 Å². The van der Waals surface area contributed by atoms with Crippen molar-refractivity contribution in [3.05, 3.63) is 65.4 Å². The minimum atomic E-state index is -0.415. The van der Waals surface area contributed by atoms with Gasteiger partial charge in [0, 0.05) is 22.7 Å². The zero-order chi connectivity index (χ0) is 17.1. The number of amides is 2. The molecule has 3 aromatic rings. The van der Waals surface area contributed by atoms with Gasteiger partial charge >= 0.3 is 0 Å². The number of carbonyl (C=O) groups excluding carboxylic acids is 2. The summed E-state index contributed by atoms with van der Waals surface area (Å²) >= 11 is 0. The van der Waals surface area contributed by atoms with E-state index < -0.39 is 5.91 Å². The first-order valence-corrected chi connectivity index (χ1v) is 7.41. The number of carbonyl (C=O) groups is 2. The first-order chi connectivity index (χ1) is 11.6. The van der Waals surface area contributed by atoms with Crippen molar-refractivity contribution < 1.29 is 14.3 Å². The highest BCUT2D eigenvalue weighted by Crippen LogP contribution is 2.19. The molecule has 2 aromatic carbocycles. The molecule has 122 valence electrons. The van der Waals surface area contributed by atoms with Gasteiger partial charge in [0.2, 0.25) is 0 Å². The molecular formula is C18H17N3O3. The number of hydrogen-bond donors (Lipinski definition) is 3. The van der Waals surface area contributed by atoms with Crippen LogP contribution in [0.4, 0.5) is 0 Å². The second-order valence-corrected chi connectivity index (χ2v) is 5.34. The lowest BCUT2D eigenvalue weighted by Gasteiger charge is -2.09. The van der Waals surface area contributed by atoms with Crippen LogP contribution in [0.2, 0.25) is 0 Å². The molecule has 0 aliphatic carbocycles. The maximum Gasteiger partial charge on any atom is 0.271 e. The lowest BCUT2D eigenvalue weighted by Crippen LogP contribution is -2.41. The third kappa shape index (κ3) is 2.94. The van der Waals surface area contributed by atoms with Crippen molar-refractivity contribution >= 4 is 22.7 Å². The Morgan fingerprint density at radius 2 is 1.79 bits per heavy atom. The molecule has 1 aromatic heterocycles. The second kappa shape index (κ2) is 6.45. The van der Waals surface area contributed by atoms with Crippen molar-refractivity contribution in [3.8, 4) is 5.75 Å². The molecule has 0 saturated carbocycles. The second-order valence-electron chi connectivity index (χ2n) is 5.34. The third-order valence-corrected chi connectivity index (χ3v) is 3.79. The number of hydrogen-bond acceptors (Lipinski definition) is 3. The number of H-pyrrole nitrogens is 1. The van der Waals surface area contributed by atoms with E-state index in [1.165, 1.54) is 0 Å². The SMILES string of the molecule is COc1cc(C(=O)NNC(=O)c2c[nH]c3ccccc23)ccc1C. The van der Waals surface area contributed by atoms with Crippen molar-refractivity contribution in [2.24, 2.45) is 0 Å². The Balaban J connectivity index is 1.71. The standard InChI is InChI=1S/C18H17N3O3/c1-11-7-8-12(9-16(11)24-2)17(22)20-21-18(23)14-10-19-15-6-4-3-5-13(14)15/h3-10,19H,1-2H3,(H,20,22)(H,21,23). The first kappa shape index (κ1) is 15.6. The third-order valence-electron chi connectivity index (χ3n) is 3.79. The molecule has 0 aliphatic heterocycles. The van der Waals surface area contributed by atoms with Gasteiger partial charge < -0.3 is 9.72 Å². The monoisotopic (exact) mass is 323 g/mol. The number of nitrogens with one attached hydrogen (secondary N) is 3. The summed E-state index contributed by atoms with van der Waals surface area (Å²) in [4.78, 5) is 27.5. The van der Waals surface area contributed by atoms with Gasteiger partial charge in [0.05, 0.1) is 12.7 Å².